The van der Waals surface area contributed by atoms with Crippen LogP contribution in [0.5, 0.6) is 0 Å². The number of nitriles is 1. The fourth-order valence-corrected chi connectivity index (χ4v) is 3.10. The monoisotopic (exact) mass is 386 g/mol. The smallest absolute Gasteiger partial charge is 0.337 e. The lowest BCUT2D eigenvalue weighted by molar-refractivity contribution is -0.143. The number of allylic oxidation sites excluding steroid dienone is 2. The zero-order valence-corrected chi connectivity index (χ0v) is 16.3. The maximum Gasteiger partial charge on any atom is 0.337 e. The number of dihydropyridines is 1. The summed E-state index contributed by atoms with van der Waals surface area (Å²) < 4.78 is 25.2. The standard InChI is InChI=1S/C21H23FN2O4/c1-12(2)28-21(26)18-14(4)24-13(3)17(20(25)27-11-7-10-23)19(18)15-8-5-6-9-16(15)22/h5-6,8-9,12,19,24H,7,11H2,1-4H3. The Morgan fingerprint density at radius 2 is 1.79 bits per heavy atom. The number of halogens is 1. The SMILES string of the molecule is CC1=C(C(=O)OCCC#N)C(c2ccccc2F)C(C(=O)OC(C)C)=C(C)N1. The minimum absolute atomic E-state index is 0.0347. The van der Waals surface area contributed by atoms with E-state index in [4.69, 9.17) is 14.7 Å². The number of benzene rings is 1. The summed E-state index contributed by atoms with van der Waals surface area (Å²) in [5.41, 5.74) is 1.37. The van der Waals surface area contributed by atoms with Gasteiger partial charge in [-0.25, -0.2) is 14.0 Å². The summed E-state index contributed by atoms with van der Waals surface area (Å²) in [4.78, 5) is 25.5. The molecule has 0 saturated heterocycles. The van der Waals surface area contributed by atoms with E-state index in [0.717, 1.165) is 0 Å². The van der Waals surface area contributed by atoms with Crippen molar-refractivity contribution in [3.63, 3.8) is 0 Å². The Labute approximate surface area is 163 Å². The Balaban J connectivity index is 2.58. The van der Waals surface area contributed by atoms with Gasteiger partial charge in [0.2, 0.25) is 0 Å². The number of nitrogens with one attached hydrogen (secondary N) is 1. The van der Waals surface area contributed by atoms with Crippen molar-refractivity contribution in [1.82, 2.24) is 5.32 Å². The highest BCUT2D eigenvalue weighted by atomic mass is 19.1. The van der Waals surface area contributed by atoms with Crippen molar-refractivity contribution in [2.75, 3.05) is 6.61 Å². The number of nitrogens with zero attached hydrogens (tertiary/aromatic N) is 1. The molecular formula is C21H23FN2O4. The molecule has 1 aromatic carbocycles. The van der Waals surface area contributed by atoms with Crippen molar-refractivity contribution in [2.24, 2.45) is 0 Å². The Kier molecular flexibility index (Phi) is 6.94. The van der Waals surface area contributed by atoms with Gasteiger partial charge in [-0.05, 0) is 33.8 Å². The zero-order chi connectivity index (χ0) is 20.8. The summed E-state index contributed by atoms with van der Waals surface area (Å²) >= 11 is 0. The lowest BCUT2D eigenvalue weighted by Gasteiger charge is -2.31. The lowest BCUT2D eigenvalue weighted by Crippen LogP contribution is -2.33. The first-order chi connectivity index (χ1) is 13.3. The summed E-state index contributed by atoms with van der Waals surface area (Å²) in [6, 6.07) is 7.85. The average molecular weight is 386 g/mol. The minimum atomic E-state index is -0.983. The third-order valence-electron chi connectivity index (χ3n) is 4.21. The van der Waals surface area contributed by atoms with Gasteiger partial charge in [0.25, 0.3) is 0 Å². The molecule has 1 unspecified atom stereocenters. The number of hydrogen-bond acceptors (Lipinski definition) is 6. The summed E-state index contributed by atoms with van der Waals surface area (Å²) in [7, 11) is 0. The molecule has 0 amide bonds. The van der Waals surface area contributed by atoms with E-state index in [9.17, 15) is 14.0 Å². The average Bonchev–Trinajstić information content (AvgIpc) is 2.60. The molecule has 0 aliphatic carbocycles. The molecule has 1 aromatic rings. The van der Waals surface area contributed by atoms with Crippen molar-refractivity contribution < 1.29 is 23.5 Å². The van der Waals surface area contributed by atoms with E-state index in [0.29, 0.717) is 11.4 Å². The van der Waals surface area contributed by atoms with Crippen molar-refractivity contribution in [1.29, 1.82) is 5.26 Å². The van der Waals surface area contributed by atoms with Gasteiger partial charge >= 0.3 is 11.9 Å². The molecule has 0 bridgehead atoms. The van der Waals surface area contributed by atoms with E-state index < -0.39 is 23.7 Å². The molecular weight excluding hydrogens is 363 g/mol. The van der Waals surface area contributed by atoms with Crippen molar-refractivity contribution in [3.05, 3.63) is 58.2 Å². The molecule has 0 fully saturated rings. The number of esters is 2. The van der Waals surface area contributed by atoms with E-state index >= 15 is 0 Å². The Morgan fingerprint density at radius 3 is 2.36 bits per heavy atom. The van der Waals surface area contributed by atoms with E-state index in [-0.39, 0.29) is 35.8 Å². The van der Waals surface area contributed by atoms with E-state index in [2.05, 4.69) is 5.32 Å². The Morgan fingerprint density at radius 1 is 1.18 bits per heavy atom. The second-order valence-corrected chi connectivity index (χ2v) is 6.65. The van der Waals surface area contributed by atoms with Crippen molar-refractivity contribution >= 4 is 11.9 Å². The largest absolute Gasteiger partial charge is 0.461 e. The number of carbonyl (C=O) groups excluding carboxylic acids is 2. The van der Waals surface area contributed by atoms with Crippen LogP contribution in [-0.2, 0) is 19.1 Å². The van der Waals surface area contributed by atoms with Crippen molar-refractivity contribution in [3.8, 4) is 6.07 Å². The zero-order valence-electron chi connectivity index (χ0n) is 16.3. The molecule has 1 aliphatic rings. The summed E-state index contributed by atoms with van der Waals surface area (Å²) in [6.45, 7) is 6.65. The second kappa shape index (κ2) is 9.18. The third kappa shape index (κ3) is 4.58. The highest BCUT2D eigenvalue weighted by molar-refractivity contribution is 6.00. The van der Waals surface area contributed by atoms with Crippen LogP contribution in [0.3, 0.4) is 0 Å². The number of carbonyl (C=O) groups is 2. The predicted octanol–water partition coefficient (Wildman–Crippen LogP) is 3.47. The summed E-state index contributed by atoms with van der Waals surface area (Å²) in [5, 5.41) is 11.7. The van der Waals surface area contributed by atoms with Crippen LogP contribution in [0.4, 0.5) is 4.39 Å². The van der Waals surface area contributed by atoms with Gasteiger partial charge in [-0.3, -0.25) is 0 Å². The van der Waals surface area contributed by atoms with Crippen LogP contribution < -0.4 is 5.32 Å². The van der Waals surface area contributed by atoms with Gasteiger partial charge in [0, 0.05) is 17.0 Å². The fourth-order valence-electron chi connectivity index (χ4n) is 3.10. The van der Waals surface area contributed by atoms with Crippen LogP contribution in [0.1, 0.15) is 45.6 Å². The molecule has 0 aromatic heterocycles. The van der Waals surface area contributed by atoms with E-state index in [1.54, 1.807) is 33.8 Å². The number of hydrogen-bond donors (Lipinski definition) is 1. The fraction of sp³-hybridized carbons (Fsp3) is 0.381. The number of ether oxygens (including phenoxy) is 2. The summed E-state index contributed by atoms with van der Waals surface area (Å²) in [5.74, 6) is -2.88. The predicted molar refractivity (Wildman–Crippen MR) is 100 cm³/mol. The minimum Gasteiger partial charge on any atom is -0.461 e. The third-order valence-corrected chi connectivity index (χ3v) is 4.21. The Bertz CT molecular complexity index is 881. The topological polar surface area (TPSA) is 88.4 Å². The molecule has 0 saturated carbocycles. The molecule has 148 valence electrons. The van der Waals surface area contributed by atoms with Crippen molar-refractivity contribution in [2.45, 2.75) is 46.1 Å². The first-order valence-electron chi connectivity index (χ1n) is 8.96. The van der Waals surface area contributed by atoms with Gasteiger partial charge < -0.3 is 14.8 Å². The molecule has 1 N–H and O–H groups in total. The van der Waals surface area contributed by atoms with Gasteiger partial charge in [-0.15, -0.1) is 0 Å². The van der Waals surface area contributed by atoms with E-state index in [1.807, 2.05) is 6.07 Å². The van der Waals surface area contributed by atoms with Gasteiger partial charge in [-0.1, -0.05) is 18.2 Å². The van der Waals surface area contributed by atoms with Crippen LogP contribution >= 0.6 is 0 Å². The van der Waals surface area contributed by atoms with Gasteiger partial charge in [0.05, 0.1) is 35.7 Å². The van der Waals surface area contributed by atoms with Crippen LogP contribution in [0, 0.1) is 17.1 Å². The molecule has 28 heavy (non-hydrogen) atoms. The first-order valence-corrected chi connectivity index (χ1v) is 8.96. The molecule has 0 radical (unpaired) electrons. The quantitative estimate of drug-likeness (QED) is 0.595. The maximum atomic E-state index is 14.7. The highest BCUT2D eigenvalue weighted by Gasteiger charge is 2.39. The molecule has 1 aliphatic heterocycles. The molecule has 0 spiro atoms. The maximum absolute atomic E-state index is 14.7. The van der Waals surface area contributed by atoms with Gasteiger partial charge in [0.15, 0.2) is 0 Å². The van der Waals surface area contributed by atoms with Gasteiger partial charge in [-0.2, -0.15) is 5.26 Å². The number of rotatable bonds is 6. The van der Waals surface area contributed by atoms with E-state index in [1.165, 1.54) is 18.2 Å². The molecule has 2 rings (SSSR count). The van der Waals surface area contributed by atoms with Gasteiger partial charge in [0.1, 0.15) is 12.4 Å². The van der Waals surface area contributed by atoms with Crippen LogP contribution in [0.25, 0.3) is 0 Å². The Hall–Kier alpha value is -3.14. The first kappa shape index (κ1) is 21.2. The van der Waals surface area contributed by atoms with Crippen LogP contribution in [0.2, 0.25) is 0 Å². The normalized spacial score (nSPS) is 16.5. The van der Waals surface area contributed by atoms with Crippen LogP contribution in [-0.4, -0.2) is 24.6 Å². The lowest BCUT2D eigenvalue weighted by atomic mass is 9.80. The molecule has 6 nitrogen and oxygen atoms in total. The molecule has 7 heteroatoms. The highest BCUT2D eigenvalue weighted by Crippen LogP contribution is 2.40. The molecule has 1 atom stereocenters. The second-order valence-electron chi connectivity index (χ2n) is 6.65. The molecule has 1 heterocycles. The van der Waals surface area contributed by atoms with Crippen LogP contribution in [0.15, 0.2) is 46.8 Å². The summed E-state index contributed by atoms with van der Waals surface area (Å²) in [6.07, 6.45) is -0.348.